The molecule has 0 N–H and O–H groups in total. The highest BCUT2D eigenvalue weighted by Crippen LogP contribution is 2.33. The van der Waals surface area contributed by atoms with E-state index in [0.717, 1.165) is 44.2 Å². The fourth-order valence-corrected chi connectivity index (χ4v) is 2.77. The third kappa shape index (κ3) is 2.76. The lowest BCUT2D eigenvalue weighted by atomic mass is 10.2. The van der Waals surface area contributed by atoms with Crippen molar-refractivity contribution < 1.29 is 4.74 Å². The molecule has 1 unspecified atom stereocenters. The van der Waals surface area contributed by atoms with E-state index in [1.165, 1.54) is 5.01 Å². The molecule has 108 valence electrons. The van der Waals surface area contributed by atoms with Crippen LogP contribution in [0.25, 0.3) is 0 Å². The molecule has 1 saturated heterocycles. The first-order valence-corrected chi connectivity index (χ1v) is 7.03. The largest absolute Gasteiger partial charge is 0.485 e. The molecule has 0 amide bonds. The Labute approximate surface area is 118 Å². The Morgan fingerprint density at radius 2 is 2.00 bits per heavy atom. The van der Waals surface area contributed by atoms with E-state index in [2.05, 4.69) is 22.1 Å². The topological polar surface area (TPSA) is 48.4 Å². The minimum absolute atomic E-state index is 0.00833. The summed E-state index contributed by atoms with van der Waals surface area (Å²) < 4.78 is 6.00. The van der Waals surface area contributed by atoms with Gasteiger partial charge in [-0.15, -0.1) is 4.91 Å². The van der Waals surface area contributed by atoms with Crippen LogP contribution in [0.4, 0.5) is 5.69 Å². The van der Waals surface area contributed by atoms with Crippen LogP contribution in [0.3, 0.4) is 0 Å². The van der Waals surface area contributed by atoms with Gasteiger partial charge in [0.25, 0.3) is 0 Å². The first-order chi connectivity index (χ1) is 9.76. The minimum atomic E-state index is -0.00833. The van der Waals surface area contributed by atoms with Crippen LogP contribution in [0.15, 0.2) is 29.6 Å². The van der Waals surface area contributed by atoms with Gasteiger partial charge in [-0.3, -0.25) is 4.90 Å². The third-order valence-electron chi connectivity index (χ3n) is 3.97. The number of rotatable bonds is 3. The Morgan fingerprint density at radius 3 is 2.75 bits per heavy atom. The van der Waals surface area contributed by atoms with Crippen molar-refractivity contribution in [3.05, 3.63) is 29.2 Å². The normalized spacial score (nSPS) is 24.1. The molecule has 1 aromatic carbocycles. The van der Waals surface area contributed by atoms with Crippen molar-refractivity contribution in [3.63, 3.8) is 0 Å². The number of likely N-dealkylation sites (N-methyl/N-ethyl adjacent to an activating group) is 1. The average Bonchev–Trinajstić information content (AvgIpc) is 2.49. The standard InChI is InChI=1S/C14H20N4O2/c1-16-6-8-17(9-7-16)10-12-11-18(15-19)13-4-2-3-5-14(13)20-12/h2-5,12H,6-11H2,1H3. The summed E-state index contributed by atoms with van der Waals surface area (Å²) in [6.45, 7) is 5.62. The van der Waals surface area contributed by atoms with E-state index in [-0.39, 0.29) is 6.10 Å². The van der Waals surface area contributed by atoms with Crippen molar-refractivity contribution in [1.82, 2.24) is 9.80 Å². The van der Waals surface area contributed by atoms with Gasteiger partial charge in [-0.25, -0.2) is 5.01 Å². The van der Waals surface area contributed by atoms with Gasteiger partial charge in [-0.1, -0.05) is 12.1 Å². The second-order valence-electron chi connectivity index (χ2n) is 5.48. The summed E-state index contributed by atoms with van der Waals surface area (Å²) in [5.74, 6) is 0.748. The van der Waals surface area contributed by atoms with Crippen LogP contribution in [0.1, 0.15) is 0 Å². The van der Waals surface area contributed by atoms with Crippen LogP contribution >= 0.6 is 0 Å². The number of anilines is 1. The van der Waals surface area contributed by atoms with Gasteiger partial charge in [0, 0.05) is 32.7 Å². The fourth-order valence-electron chi connectivity index (χ4n) is 2.77. The fraction of sp³-hybridized carbons (Fsp3) is 0.571. The predicted octanol–water partition coefficient (Wildman–Crippen LogP) is 1.18. The van der Waals surface area contributed by atoms with Crippen molar-refractivity contribution in [2.24, 2.45) is 5.29 Å². The molecule has 2 aliphatic heterocycles. The summed E-state index contributed by atoms with van der Waals surface area (Å²) in [7, 11) is 2.14. The van der Waals surface area contributed by atoms with E-state index in [9.17, 15) is 4.91 Å². The van der Waals surface area contributed by atoms with Gasteiger partial charge in [0.2, 0.25) is 0 Å². The van der Waals surface area contributed by atoms with Gasteiger partial charge >= 0.3 is 0 Å². The Kier molecular flexibility index (Phi) is 3.84. The molecule has 0 bridgehead atoms. The first kappa shape index (κ1) is 13.3. The zero-order chi connectivity index (χ0) is 13.9. The quantitative estimate of drug-likeness (QED) is 0.776. The van der Waals surface area contributed by atoms with Crippen molar-refractivity contribution in [2.45, 2.75) is 6.10 Å². The van der Waals surface area contributed by atoms with Crippen LogP contribution in [0.2, 0.25) is 0 Å². The molecular weight excluding hydrogens is 256 g/mol. The maximum atomic E-state index is 11.0. The highest BCUT2D eigenvalue weighted by atomic mass is 16.5. The highest BCUT2D eigenvalue weighted by Gasteiger charge is 2.28. The number of ether oxygens (including phenoxy) is 1. The Morgan fingerprint density at radius 1 is 1.25 bits per heavy atom. The molecule has 0 radical (unpaired) electrons. The lowest BCUT2D eigenvalue weighted by Gasteiger charge is -2.37. The predicted molar refractivity (Wildman–Crippen MR) is 77.9 cm³/mol. The van der Waals surface area contributed by atoms with Crippen molar-refractivity contribution >= 4 is 5.69 Å². The van der Waals surface area contributed by atoms with E-state index in [1.54, 1.807) is 0 Å². The second-order valence-corrected chi connectivity index (χ2v) is 5.48. The van der Waals surface area contributed by atoms with Crippen molar-refractivity contribution in [2.75, 3.05) is 51.3 Å². The molecule has 0 aromatic heterocycles. The summed E-state index contributed by atoms with van der Waals surface area (Å²) in [6.07, 6.45) is -0.00833. The van der Waals surface area contributed by atoms with Crippen LogP contribution in [-0.2, 0) is 0 Å². The third-order valence-corrected chi connectivity index (χ3v) is 3.97. The SMILES string of the molecule is CN1CCN(CC2CN(N=O)c3ccccc3O2)CC1. The van der Waals surface area contributed by atoms with E-state index >= 15 is 0 Å². The summed E-state index contributed by atoms with van der Waals surface area (Å²) in [6, 6.07) is 7.56. The number of hydrogen-bond acceptors (Lipinski definition) is 5. The first-order valence-electron chi connectivity index (χ1n) is 7.03. The molecular formula is C14H20N4O2. The van der Waals surface area contributed by atoms with E-state index in [4.69, 9.17) is 4.74 Å². The summed E-state index contributed by atoms with van der Waals surface area (Å²) in [5, 5.41) is 4.62. The van der Waals surface area contributed by atoms with Crippen LogP contribution in [0, 0.1) is 4.91 Å². The lowest BCUT2D eigenvalue weighted by Crippen LogP contribution is -2.50. The van der Waals surface area contributed by atoms with E-state index in [0.29, 0.717) is 6.54 Å². The summed E-state index contributed by atoms with van der Waals surface area (Å²) in [5.41, 5.74) is 0.761. The van der Waals surface area contributed by atoms with Gasteiger partial charge in [-0.2, -0.15) is 0 Å². The van der Waals surface area contributed by atoms with Gasteiger partial charge in [-0.05, 0) is 19.2 Å². The van der Waals surface area contributed by atoms with Gasteiger partial charge in [0.15, 0.2) is 0 Å². The molecule has 20 heavy (non-hydrogen) atoms. The zero-order valence-electron chi connectivity index (χ0n) is 11.7. The summed E-state index contributed by atoms with van der Waals surface area (Å²) >= 11 is 0. The highest BCUT2D eigenvalue weighted by molar-refractivity contribution is 5.59. The van der Waals surface area contributed by atoms with Crippen LogP contribution in [0.5, 0.6) is 5.75 Å². The number of fused-ring (bicyclic) bond motifs is 1. The number of nitroso groups, excluding NO2 is 1. The van der Waals surface area contributed by atoms with Gasteiger partial charge < -0.3 is 9.64 Å². The Balaban J connectivity index is 1.66. The van der Waals surface area contributed by atoms with E-state index < -0.39 is 0 Å². The molecule has 0 saturated carbocycles. The maximum absolute atomic E-state index is 11.0. The molecule has 6 heteroatoms. The summed E-state index contributed by atoms with van der Waals surface area (Å²) in [4.78, 5) is 15.7. The molecule has 1 atom stereocenters. The minimum Gasteiger partial charge on any atom is -0.485 e. The molecule has 6 nitrogen and oxygen atoms in total. The maximum Gasteiger partial charge on any atom is 0.145 e. The number of nitrogens with zero attached hydrogens (tertiary/aromatic N) is 4. The molecule has 1 aromatic rings. The van der Waals surface area contributed by atoms with Gasteiger partial charge in [0.05, 0.1) is 11.8 Å². The van der Waals surface area contributed by atoms with E-state index in [1.807, 2.05) is 24.3 Å². The monoisotopic (exact) mass is 276 g/mol. The van der Waals surface area contributed by atoms with Crippen molar-refractivity contribution in [3.8, 4) is 5.75 Å². The lowest BCUT2D eigenvalue weighted by molar-refractivity contribution is 0.0917. The number of para-hydroxylation sites is 2. The van der Waals surface area contributed by atoms with Crippen LogP contribution < -0.4 is 9.75 Å². The molecule has 0 spiro atoms. The number of piperazine rings is 1. The van der Waals surface area contributed by atoms with Gasteiger partial charge in [0.1, 0.15) is 17.5 Å². The zero-order valence-corrected chi connectivity index (χ0v) is 11.7. The Hall–Kier alpha value is -1.66. The van der Waals surface area contributed by atoms with Crippen LogP contribution in [-0.4, -0.2) is 62.2 Å². The number of benzene rings is 1. The van der Waals surface area contributed by atoms with Crippen molar-refractivity contribution in [1.29, 1.82) is 0 Å². The molecule has 0 aliphatic carbocycles. The second kappa shape index (κ2) is 5.76. The molecule has 2 heterocycles. The average molecular weight is 276 g/mol. The molecule has 3 rings (SSSR count). The Bertz CT molecular complexity index is 474. The molecule has 1 fully saturated rings. The number of hydrogen-bond donors (Lipinski definition) is 0. The smallest absolute Gasteiger partial charge is 0.145 e. The molecule has 2 aliphatic rings.